The highest BCUT2D eigenvalue weighted by atomic mass is 35.5. The summed E-state index contributed by atoms with van der Waals surface area (Å²) in [5, 5.41) is 2.43. The van der Waals surface area contributed by atoms with E-state index in [-0.39, 0.29) is 18.4 Å². The molecule has 0 spiro atoms. The van der Waals surface area contributed by atoms with Gasteiger partial charge in [-0.2, -0.15) is 0 Å². The summed E-state index contributed by atoms with van der Waals surface area (Å²) in [6.07, 6.45) is 3.92. The minimum atomic E-state index is 0. The third-order valence-electron chi connectivity index (χ3n) is 2.99. The summed E-state index contributed by atoms with van der Waals surface area (Å²) in [6.45, 7) is 2.85. The van der Waals surface area contributed by atoms with Gasteiger partial charge in [-0.15, -0.1) is 12.4 Å². The number of aromatic nitrogens is 2. The molecule has 0 aliphatic rings. The van der Waals surface area contributed by atoms with Crippen LogP contribution >= 0.6 is 12.4 Å². The van der Waals surface area contributed by atoms with Crippen LogP contribution in [-0.4, -0.2) is 15.6 Å². The van der Waals surface area contributed by atoms with Crippen molar-refractivity contribution >= 4 is 34.2 Å². The van der Waals surface area contributed by atoms with Gasteiger partial charge in [-0.25, -0.2) is 0 Å². The number of hydrogen-bond donors (Lipinski definition) is 1. The molecule has 1 atom stereocenters. The van der Waals surface area contributed by atoms with Crippen LogP contribution in [-0.2, 0) is 6.54 Å². The first-order valence-corrected chi connectivity index (χ1v) is 5.84. The monoisotopic (exact) mass is 261 g/mol. The molecule has 0 saturated heterocycles. The highest BCUT2D eigenvalue weighted by molar-refractivity contribution is 6.04. The van der Waals surface area contributed by atoms with Gasteiger partial charge >= 0.3 is 0 Å². The van der Waals surface area contributed by atoms with Crippen molar-refractivity contribution in [2.75, 3.05) is 0 Å². The first kappa shape index (κ1) is 12.9. The van der Waals surface area contributed by atoms with Gasteiger partial charge in [-0.1, -0.05) is 6.07 Å². The number of nitrogens with two attached hydrogens (primary N) is 1. The number of hydrogen-bond acceptors (Lipinski definition) is 2. The third kappa shape index (κ3) is 2.07. The second-order valence-electron chi connectivity index (χ2n) is 4.52. The Balaban J connectivity index is 0.00000120. The van der Waals surface area contributed by atoms with Gasteiger partial charge in [-0.05, 0) is 31.2 Å². The fraction of sp³-hybridized carbons (Fsp3) is 0.214. The molecule has 0 unspecified atom stereocenters. The van der Waals surface area contributed by atoms with E-state index in [1.807, 2.05) is 19.2 Å². The van der Waals surface area contributed by atoms with Crippen molar-refractivity contribution in [3.8, 4) is 0 Å². The summed E-state index contributed by atoms with van der Waals surface area (Å²) in [5.41, 5.74) is 8.14. The molecule has 94 valence electrons. The second kappa shape index (κ2) is 4.96. The molecule has 2 N–H and O–H groups in total. The summed E-state index contributed by atoms with van der Waals surface area (Å²) in [5.74, 6) is 0. The van der Waals surface area contributed by atoms with Crippen molar-refractivity contribution in [3.63, 3.8) is 0 Å². The number of halogens is 1. The summed E-state index contributed by atoms with van der Waals surface area (Å²) in [4.78, 5) is 4.39. The van der Waals surface area contributed by atoms with Crippen molar-refractivity contribution in [2.24, 2.45) is 5.73 Å². The zero-order valence-corrected chi connectivity index (χ0v) is 11.0. The van der Waals surface area contributed by atoms with E-state index in [4.69, 9.17) is 5.73 Å². The van der Waals surface area contributed by atoms with Crippen molar-refractivity contribution in [2.45, 2.75) is 19.5 Å². The van der Waals surface area contributed by atoms with Gasteiger partial charge in [0.2, 0.25) is 0 Å². The van der Waals surface area contributed by atoms with Crippen LogP contribution in [0.15, 0.2) is 42.7 Å². The Bertz CT molecular complexity index is 673. The molecular weight excluding hydrogens is 246 g/mol. The summed E-state index contributed by atoms with van der Waals surface area (Å²) in [6, 6.07) is 10.5. The average molecular weight is 262 g/mol. The fourth-order valence-electron chi connectivity index (χ4n) is 2.32. The van der Waals surface area contributed by atoms with E-state index in [1.165, 1.54) is 16.3 Å². The number of rotatable bonds is 2. The van der Waals surface area contributed by atoms with E-state index in [0.29, 0.717) is 0 Å². The molecular formula is C14H16ClN3. The van der Waals surface area contributed by atoms with Crippen LogP contribution in [0, 0.1) is 0 Å². The zero-order valence-electron chi connectivity index (χ0n) is 10.2. The molecule has 0 amide bonds. The number of benzene rings is 1. The smallest absolute Gasteiger partial charge is 0.0723 e. The molecule has 1 aromatic carbocycles. The molecule has 3 nitrogen and oxygen atoms in total. The first-order valence-electron chi connectivity index (χ1n) is 5.84. The van der Waals surface area contributed by atoms with Crippen LogP contribution in [0.4, 0.5) is 0 Å². The lowest BCUT2D eigenvalue weighted by Crippen LogP contribution is -2.21. The molecule has 0 bridgehead atoms. The van der Waals surface area contributed by atoms with Gasteiger partial charge in [-0.3, -0.25) is 4.98 Å². The maximum absolute atomic E-state index is 5.88. The lowest BCUT2D eigenvalue weighted by molar-refractivity contribution is 0.606. The maximum atomic E-state index is 5.88. The minimum Gasteiger partial charge on any atom is -0.345 e. The molecule has 18 heavy (non-hydrogen) atoms. The van der Waals surface area contributed by atoms with E-state index in [0.717, 1.165) is 12.1 Å². The van der Waals surface area contributed by atoms with Crippen LogP contribution in [0.5, 0.6) is 0 Å². The Hall–Kier alpha value is -1.58. The van der Waals surface area contributed by atoms with Gasteiger partial charge in [0.05, 0.1) is 11.0 Å². The van der Waals surface area contributed by atoms with Gasteiger partial charge in [0.1, 0.15) is 0 Å². The normalized spacial score (nSPS) is 12.6. The first-order chi connectivity index (χ1) is 8.25. The third-order valence-corrected chi connectivity index (χ3v) is 2.99. The Kier molecular flexibility index (Phi) is 3.55. The second-order valence-corrected chi connectivity index (χ2v) is 4.52. The molecule has 3 rings (SSSR count). The Labute approximate surface area is 112 Å². The van der Waals surface area contributed by atoms with Crippen molar-refractivity contribution < 1.29 is 0 Å². The van der Waals surface area contributed by atoms with E-state index in [2.05, 4.69) is 40.0 Å². The largest absolute Gasteiger partial charge is 0.345 e. The van der Waals surface area contributed by atoms with Crippen LogP contribution in [0.3, 0.4) is 0 Å². The Morgan fingerprint density at radius 3 is 2.89 bits per heavy atom. The summed E-state index contributed by atoms with van der Waals surface area (Å²) < 4.78 is 2.21. The predicted octanol–water partition coefficient (Wildman–Crippen LogP) is 2.96. The SMILES string of the molecule is C[C@H](N)Cn1ccc2ccc3ncccc3c21.Cl. The molecule has 2 aromatic heterocycles. The Morgan fingerprint density at radius 1 is 1.28 bits per heavy atom. The average Bonchev–Trinajstić information content (AvgIpc) is 2.72. The van der Waals surface area contributed by atoms with Gasteiger partial charge in [0.15, 0.2) is 0 Å². The molecule has 0 fully saturated rings. The maximum Gasteiger partial charge on any atom is 0.0723 e. The number of nitrogens with zero attached hydrogens (tertiary/aromatic N) is 2. The van der Waals surface area contributed by atoms with E-state index in [9.17, 15) is 0 Å². The molecule has 4 heteroatoms. The van der Waals surface area contributed by atoms with Crippen LogP contribution in [0.25, 0.3) is 21.8 Å². The molecule has 0 radical (unpaired) electrons. The van der Waals surface area contributed by atoms with Gasteiger partial charge in [0.25, 0.3) is 0 Å². The fourth-order valence-corrected chi connectivity index (χ4v) is 2.32. The van der Waals surface area contributed by atoms with Crippen LogP contribution in [0.1, 0.15) is 6.92 Å². The molecule has 2 heterocycles. The molecule has 3 aromatic rings. The van der Waals surface area contributed by atoms with Crippen LogP contribution in [0.2, 0.25) is 0 Å². The van der Waals surface area contributed by atoms with Crippen molar-refractivity contribution in [1.82, 2.24) is 9.55 Å². The summed E-state index contributed by atoms with van der Waals surface area (Å²) in [7, 11) is 0. The van der Waals surface area contributed by atoms with Gasteiger partial charge in [0, 0.05) is 35.8 Å². The topological polar surface area (TPSA) is 43.8 Å². The highest BCUT2D eigenvalue weighted by Crippen LogP contribution is 2.25. The minimum absolute atomic E-state index is 0. The van der Waals surface area contributed by atoms with E-state index in [1.54, 1.807) is 0 Å². The summed E-state index contributed by atoms with van der Waals surface area (Å²) >= 11 is 0. The lowest BCUT2D eigenvalue weighted by atomic mass is 10.1. The molecule has 0 aliphatic carbocycles. The van der Waals surface area contributed by atoms with Crippen LogP contribution < -0.4 is 5.73 Å². The van der Waals surface area contributed by atoms with Crippen molar-refractivity contribution in [3.05, 3.63) is 42.7 Å². The molecule has 0 aliphatic heterocycles. The Morgan fingerprint density at radius 2 is 2.11 bits per heavy atom. The van der Waals surface area contributed by atoms with Crippen molar-refractivity contribution in [1.29, 1.82) is 0 Å². The number of pyridine rings is 1. The van der Waals surface area contributed by atoms with Gasteiger partial charge < -0.3 is 10.3 Å². The lowest BCUT2D eigenvalue weighted by Gasteiger charge is -2.10. The van der Waals surface area contributed by atoms with E-state index >= 15 is 0 Å². The number of fused-ring (bicyclic) bond motifs is 3. The molecule has 0 saturated carbocycles. The highest BCUT2D eigenvalue weighted by Gasteiger charge is 2.07. The predicted molar refractivity (Wildman–Crippen MR) is 78.1 cm³/mol. The quantitative estimate of drug-likeness (QED) is 0.771. The standard InChI is InChI=1S/C14H15N3.ClH/c1-10(15)9-17-8-6-11-4-5-13-12(14(11)17)3-2-7-16-13;/h2-8,10H,9,15H2,1H3;1H/t10-;/m0./s1. The van der Waals surface area contributed by atoms with E-state index < -0.39 is 0 Å². The zero-order chi connectivity index (χ0) is 11.8.